The molecule has 80 valence electrons. The Morgan fingerprint density at radius 1 is 1.33 bits per heavy atom. The molecule has 2 N–H and O–H groups in total. The molecule has 1 aromatic carbocycles. The predicted molar refractivity (Wildman–Crippen MR) is 63.3 cm³/mol. The molecule has 2 aromatic rings. The summed E-state index contributed by atoms with van der Waals surface area (Å²) >= 11 is 0. The number of aromatic amines is 1. The molecule has 0 aliphatic carbocycles. The molecular weight excluding hydrogens is 186 g/mol. The van der Waals surface area contributed by atoms with Crippen molar-refractivity contribution in [2.45, 2.75) is 26.7 Å². The molecule has 0 fully saturated rings. The van der Waals surface area contributed by atoms with Gasteiger partial charge in [0.25, 0.3) is 0 Å². The molecule has 0 aliphatic heterocycles. The third-order valence-electron chi connectivity index (χ3n) is 3.18. The van der Waals surface area contributed by atoms with Crippen molar-refractivity contribution < 1.29 is 5.11 Å². The Labute approximate surface area is 89.9 Å². The van der Waals surface area contributed by atoms with Crippen LogP contribution < -0.4 is 0 Å². The van der Waals surface area contributed by atoms with Crippen molar-refractivity contribution in [3.8, 4) is 0 Å². The fourth-order valence-corrected chi connectivity index (χ4v) is 2.01. The molecule has 15 heavy (non-hydrogen) atoms. The summed E-state index contributed by atoms with van der Waals surface area (Å²) in [4.78, 5) is 3.40. The molecule has 1 atom stereocenters. The van der Waals surface area contributed by atoms with Gasteiger partial charge in [0.1, 0.15) is 0 Å². The van der Waals surface area contributed by atoms with Crippen molar-refractivity contribution in [3.05, 3.63) is 35.0 Å². The summed E-state index contributed by atoms with van der Waals surface area (Å²) in [6.07, 6.45) is 0. The first-order valence-electron chi connectivity index (χ1n) is 5.33. The fraction of sp³-hybridized carbons (Fsp3) is 0.385. The Morgan fingerprint density at radius 3 is 2.73 bits per heavy atom. The Bertz CT molecular complexity index is 484. The molecule has 0 saturated heterocycles. The quantitative estimate of drug-likeness (QED) is 0.773. The number of aliphatic hydroxyl groups is 1. The molecule has 0 aliphatic rings. The molecule has 0 radical (unpaired) electrons. The zero-order valence-electron chi connectivity index (χ0n) is 9.46. The van der Waals surface area contributed by atoms with E-state index in [2.05, 4.69) is 37.0 Å². The van der Waals surface area contributed by atoms with Crippen LogP contribution in [0.25, 0.3) is 10.9 Å². The number of aliphatic hydroxyl groups excluding tert-OH is 1. The first-order valence-corrected chi connectivity index (χ1v) is 5.33. The highest BCUT2D eigenvalue weighted by Crippen LogP contribution is 2.28. The van der Waals surface area contributed by atoms with Crippen molar-refractivity contribution in [2.24, 2.45) is 0 Å². The van der Waals surface area contributed by atoms with Crippen LogP contribution in [0, 0.1) is 13.8 Å². The van der Waals surface area contributed by atoms with Gasteiger partial charge < -0.3 is 10.1 Å². The third kappa shape index (κ3) is 1.55. The topological polar surface area (TPSA) is 36.0 Å². The van der Waals surface area contributed by atoms with Crippen molar-refractivity contribution in [3.63, 3.8) is 0 Å². The molecule has 2 nitrogen and oxygen atoms in total. The third-order valence-corrected chi connectivity index (χ3v) is 3.18. The van der Waals surface area contributed by atoms with E-state index in [-0.39, 0.29) is 12.5 Å². The van der Waals surface area contributed by atoms with Crippen molar-refractivity contribution in [1.29, 1.82) is 0 Å². The second kappa shape index (κ2) is 3.70. The van der Waals surface area contributed by atoms with Gasteiger partial charge in [0, 0.05) is 29.1 Å². The lowest BCUT2D eigenvalue weighted by atomic mass is 9.99. The molecule has 0 saturated carbocycles. The monoisotopic (exact) mass is 203 g/mol. The van der Waals surface area contributed by atoms with Gasteiger partial charge in [-0.2, -0.15) is 0 Å². The number of nitrogens with one attached hydrogen (secondary N) is 1. The lowest BCUT2D eigenvalue weighted by Crippen LogP contribution is -1.99. The molecular formula is C13H17NO. The van der Waals surface area contributed by atoms with Crippen LogP contribution in [0.3, 0.4) is 0 Å². The number of aromatic nitrogens is 1. The molecule has 2 rings (SSSR count). The molecule has 1 aromatic heterocycles. The number of benzene rings is 1. The summed E-state index contributed by atoms with van der Waals surface area (Å²) in [5, 5.41) is 10.5. The average Bonchev–Trinajstić information content (AvgIpc) is 2.54. The van der Waals surface area contributed by atoms with Gasteiger partial charge in [-0.25, -0.2) is 0 Å². The highest BCUT2D eigenvalue weighted by molar-refractivity contribution is 5.87. The number of para-hydroxylation sites is 1. The summed E-state index contributed by atoms with van der Waals surface area (Å²) in [5.41, 5.74) is 4.89. The Balaban J connectivity index is 2.71. The van der Waals surface area contributed by atoms with E-state index >= 15 is 0 Å². The van der Waals surface area contributed by atoms with Gasteiger partial charge in [-0.3, -0.25) is 0 Å². The van der Waals surface area contributed by atoms with Gasteiger partial charge in [0.2, 0.25) is 0 Å². The Kier molecular flexibility index (Phi) is 2.53. The first-order chi connectivity index (χ1) is 7.15. The largest absolute Gasteiger partial charge is 0.396 e. The second-order valence-electron chi connectivity index (χ2n) is 4.23. The molecule has 1 heterocycles. The van der Waals surface area contributed by atoms with Crippen LogP contribution >= 0.6 is 0 Å². The van der Waals surface area contributed by atoms with Gasteiger partial charge >= 0.3 is 0 Å². The highest BCUT2D eigenvalue weighted by atomic mass is 16.3. The van der Waals surface area contributed by atoms with Gasteiger partial charge in [0.05, 0.1) is 0 Å². The number of rotatable bonds is 2. The van der Waals surface area contributed by atoms with Crippen molar-refractivity contribution >= 4 is 10.9 Å². The van der Waals surface area contributed by atoms with E-state index in [0.717, 1.165) is 0 Å². The Hall–Kier alpha value is -1.28. The van der Waals surface area contributed by atoms with Crippen molar-refractivity contribution in [2.75, 3.05) is 6.61 Å². The molecule has 0 bridgehead atoms. The minimum atomic E-state index is 0.186. The molecule has 0 spiro atoms. The van der Waals surface area contributed by atoms with Crippen LogP contribution in [0.4, 0.5) is 0 Å². The van der Waals surface area contributed by atoms with Crippen LogP contribution in [0.15, 0.2) is 18.2 Å². The van der Waals surface area contributed by atoms with E-state index in [1.54, 1.807) is 0 Å². The predicted octanol–water partition coefficient (Wildman–Crippen LogP) is 2.88. The number of H-pyrrole nitrogens is 1. The number of fused-ring (bicyclic) bond motifs is 1. The van der Waals surface area contributed by atoms with Crippen LogP contribution in [0.5, 0.6) is 0 Å². The second-order valence-corrected chi connectivity index (χ2v) is 4.23. The van der Waals surface area contributed by atoms with E-state index in [9.17, 15) is 5.11 Å². The van der Waals surface area contributed by atoms with Gasteiger partial charge in [0.15, 0.2) is 0 Å². The molecule has 1 unspecified atom stereocenters. The lowest BCUT2D eigenvalue weighted by molar-refractivity contribution is 0.273. The zero-order valence-corrected chi connectivity index (χ0v) is 9.46. The highest BCUT2D eigenvalue weighted by Gasteiger charge is 2.11. The maximum atomic E-state index is 9.21. The molecule has 2 heteroatoms. The summed E-state index contributed by atoms with van der Waals surface area (Å²) in [5.74, 6) is 0.186. The van der Waals surface area contributed by atoms with Crippen LogP contribution in [0.2, 0.25) is 0 Å². The molecule has 0 amide bonds. The SMILES string of the molecule is Cc1[nH]c2c(C(C)CO)cccc2c1C. The van der Waals surface area contributed by atoms with Crippen LogP contribution in [-0.4, -0.2) is 16.7 Å². The number of hydrogen-bond acceptors (Lipinski definition) is 1. The van der Waals surface area contributed by atoms with Crippen molar-refractivity contribution in [1.82, 2.24) is 4.98 Å². The maximum absolute atomic E-state index is 9.21. The van der Waals surface area contributed by atoms with Gasteiger partial charge in [-0.05, 0) is 25.0 Å². The minimum absolute atomic E-state index is 0.186. The fourth-order valence-electron chi connectivity index (χ4n) is 2.01. The zero-order chi connectivity index (χ0) is 11.0. The van der Waals surface area contributed by atoms with Gasteiger partial charge in [-0.15, -0.1) is 0 Å². The van der Waals surface area contributed by atoms with Crippen LogP contribution in [-0.2, 0) is 0 Å². The van der Waals surface area contributed by atoms with E-state index in [0.29, 0.717) is 0 Å². The van der Waals surface area contributed by atoms with E-state index in [1.807, 2.05) is 6.92 Å². The summed E-state index contributed by atoms with van der Waals surface area (Å²) in [6.45, 7) is 6.45. The summed E-state index contributed by atoms with van der Waals surface area (Å²) < 4.78 is 0. The minimum Gasteiger partial charge on any atom is -0.396 e. The van der Waals surface area contributed by atoms with E-state index < -0.39 is 0 Å². The van der Waals surface area contributed by atoms with E-state index in [1.165, 1.54) is 27.7 Å². The summed E-state index contributed by atoms with van der Waals surface area (Å²) in [7, 11) is 0. The number of aryl methyl sites for hydroxylation is 2. The Morgan fingerprint density at radius 2 is 2.07 bits per heavy atom. The lowest BCUT2D eigenvalue weighted by Gasteiger charge is -2.09. The van der Waals surface area contributed by atoms with E-state index in [4.69, 9.17) is 0 Å². The maximum Gasteiger partial charge on any atom is 0.0497 e. The van der Waals surface area contributed by atoms with Crippen LogP contribution in [0.1, 0.15) is 29.7 Å². The average molecular weight is 203 g/mol. The number of hydrogen-bond donors (Lipinski definition) is 2. The standard InChI is InChI=1S/C13H17NO/c1-8(7-15)11-5-4-6-12-9(2)10(3)14-13(11)12/h4-6,8,14-15H,7H2,1-3H3. The van der Waals surface area contributed by atoms with Gasteiger partial charge in [-0.1, -0.05) is 25.1 Å². The summed E-state index contributed by atoms with van der Waals surface area (Å²) in [6, 6.07) is 6.27. The smallest absolute Gasteiger partial charge is 0.0497 e. The normalized spacial score (nSPS) is 13.3. The first kappa shape index (κ1) is 10.2.